The second-order valence-electron chi connectivity index (χ2n) is 6.15. The topological polar surface area (TPSA) is 0 Å². The molecule has 0 bridgehead atoms. The number of halogens is 1. The summed E-state index contributed by atoms with van der Waals surface area (Å²) in [5, 5.41) is 1.02. The molecule has 0 aromatic heterocycles. The molecule has 0 heterocycles. The number of benzene rings is 1. The van der Waals surface area contributed by atoms with Gasteiger partial charge >= 0.3 is 0 Å². The van der Waals surface area contributed by atoms with Gasteiger partial charge < -0.3 is 0 Å². The molecule has 3 aliphatic rings. The summed E-state index contributed by atoms with van der Waals surface area (Å²) in [6, 6.07) is 10.7. The lowest BCUT2D eigenvalue weighted by Gasteiger charge is -2.37. The smallest absolute Gasteiger partial charge is 0.0221 e. The van der Waals surface area contributed by atoms with Crippen LogP contribution in [0.4, 0.5) is 0 Å². The van der Waals surface area contributed by atoms with Gasteiger partial charge in [0.1, 0.15) is 0 Å². The summed E-state index contributed by atoms with van der Waals surface area (Å²) in [6.45, 7) is 0. The summed E-state index contributed by atoms with van der Waals surface area (Å²) in [5.41, 5.74) is 4.29. The molecule has 1 aromatic carbocycles. The van der Waals surface area contributed by atoms with Gasteiger partial charge in [-0.05, 0) is 36.0 Å². The molecule has 0 spiro atoms. The summed E-state index contributed by atoms with van der Waals surface area (Å²) in [7, 11) is 0. The molecule has 3 aliphatic carbocycles. The Balaban J connectivity index is 1.62. The summed E-state index contributed by atoms with van der Waals surface area (Å²) < 4.78 is 0. The maximum absolute atomic E-state index is 6.43. The Hall–Kier alpha value is -1.53. The molecule has 4 rings (SSSR count). The van der Waals surface area contributed by atoms with Crippen LogP contribution in [-0.4, -0.2) is 0 Å². The van der Waals surface area contributed by atoms with Crippen molar-refractivity contribution < 1.29 is 0 Å². The lowest BCUT2D eigenvalue weighted by atomic mass is 9.68. The molecule has 3 unspecified atom stereocenters. The Bertz CT molecular complexity index is 660. The number of hydrogen-bond acceptors (Lipinski definition) is 0. The van der Waals surface area contributed by atoms with Crippen molar-refractivity contribution in [3.05, 3.63) is 83.3 Å². The summed E-state index contributed by atoms with van der Waals surface area (Å²) in [6.07, 6.45) is 15.7. The van der Waals surface area contributed by atoms with Crippen molar-refractivity contribution in [3.8, 4) is 0 Å². The zero-order chi connectivity index (χ0) is 14.2. The van der Waals surface area contributed by atoms with E-state index in [9.17, 15) is 0 Å². The highest BCUT2D eigenvalue weighted by Crippen LogP contribution is 2.47. The van der Waals surface area contributed by atoms with Gasteiger partial charge in [-0.25, -0.2) is 0 Å². The fourth-order valence-electron chi connectivity index (χ4n) is 3.75. The fourth-order valence-corrected chi connectivity index (χ4v) is 4.06. The Morgan fingerprint density at radius 1 is 1.05 bits per heavy atom. The van der Waals surface area contributed by atoms with Crippen LogP contribution in [0.1, 0.15) is 18.4 Å². The molecule has 0 amide bonds. The molecule has 1 radical (unpaired) electrons. The van der Waals surface area contributed by atoms with Gasteiger partial charge in [0.15, 0.2) is 0 Å². The van der Waals surface area contributed by atoms with Gasteiger partial charge in [-0.3, -0.25) is 0 Å². The second kappa shape index (κ2) is 5.35. The molecule has 0 saturated carbocycles. The lowest BCUT2D eigenvalue weighted by Crippen LogP contribution is -2.26. The highest BCUT2D eigenvalue weighted by molar-refractivity contribution is 6.30. The van der Waals surface area contributed by atoms with Crippen LogP contribution < -0.4 is 0 Å². The SMILES string of the molecule is ClC1=CC=CC2C=C3[CH]C=C(c4ccccc4)CC3CC12. The van der Waals surface area contributed by atoms with Crippen LogP contribution in [0.5, 0.6) is 0 Å². The minimum Gasteiger partial charge on any atom is -0.0888 e. The van der Waals surface area contributed by atoms with E-state index in [-0.39, 0.29) is 0 Å². The standard InChI is InChI=1S/C20H18Cl/c21-20-8-4-7-17-11-16-10-9-15(12-18(16)13-19(17)20)14-5-2-1-3-6-14/h1-11,17-19H,12-13H2. The average Bonchev–Trinajstić information content (AvgIpc) is 2.54. The van der Waals surface area contributed by atoms with E-state index in [0.717, 1.165) is 17.9 Å². The molecule has 105 valence electrons. The van der Waals surface area contributed by atoms with Gasteiger partial charge in [0.2, 0.25) is 0 Å². The zero-order valence-corrected chi connectivity index (χ0v) is 12.6. The molecule has 0 aliphatic heterocycles. The van der Waals surface area contributed by atoms with Crippen molar-refractivity contribution in [2.45, 2.75) is 12.8 Å². The minimum atomic E-state index is 0.481. The molecular formula is C20H18Cl. The zero-order valence-electron chi connectivity index (χ0n) is 11.9. The first-order valence-electron chi connectivity index (χ1n) is 7.66. The first-order valence-corrected chi connectivity index (χ1v) is 8.04. The quantitative estimate of drug-likeness (QED) is 0.637. The van der Waals surface area contributed by atoms with E-state index < -0.39 is 0 Å². The molecular weight excluding hydrogens is 276 g/mol. The Labute approximate surface area is 131 Å². The van der Waals surface area contributed by atoms with Crippen molar-refractivity contribution in [3.63, 3.8) is 0 Å². The van der Waals surface area contributed by atoms with Crippen molar-refractivity contribution in [1.82, 2.24) is 0 Å². The molecule has 1 aromatic rings. The van der Waals surface area contributed by atoms with Crippen LogP contribution in [0.3, 0.4) is 0 Å². The number of rotatable bonds is 1. The lowest BCUT2D eigenvalue weighted by molar-refractivity contribution is 0.388. The molecule has 0 N–H and O–H groups in total. The number of hydrogen-bond donors (Lipinski definition) is 0. The minimum absolute atomic E-state index is 0.481. The Morgan fingerprint density at radius 2 is 1.90 bits per heavy atom. The summed E-state index contributed by atoms with van der Waals surface area (Å²) in [5.74, 6) is 1.57. The highest BCUT2D eigenvalue weighted by atomic mass is 35.5. The maximum Gasteiger partial charge on any atom is 0.0221 e. The molecule has 0 nitrogen and oxygen atoms in total. The van der Waals surface area contributed by atoms with Crippen molar-refractivity contribution in [1.29, 1.82) is 0 Å². The molecule has 3 atom stereocenters. The first kappa shape index (κ1) is 13.2. The van der Waals surface area contributed by atoms with Crippen LogP contribution in [0, 0.1) is 24.2 Å². The monoisotopic (exact) mass is 293 g/mol. The van der Waals surface area contributed by atoms with Gasteiger partial charge in [0, 0.05) is 23.3 Å². The van der Waals surface area contributed by atoms with E-state index in [1.54, 1.807) is 0 Å². The molecule has 0 saturated heterocycles. The van der Waals surface area contributed by atoms with E-state index in [1.165, 1.54) is 16.7 Å². The predicted octanol–water partition coefficient (Wildman–Crippen LogP) is 5.55. The van der Waals surface area contributed by atoms with E-state index in [1.807, 2.05) is 0 Å². The van der Waals surface area contributed by atoms with Crippen LogP contribution >= 0.6 is 11.6 Å². The van der Waals surface area contributed by atoms with Crippen LogP contribution in [0.15, 0.2) is 71.3 Å². The highest BCUT2D eigenvalue weighted by Gasteiger charge is 2.34. The summed E-state index contributed by atoms with van der Waals surface area (Å²) in [4.78, 5) is 0. The van der Waals surface area contributed by atoms with Crippen LogP contribution in [0.2, 0.25) is 0 Å². The summed E-state index contributed by atoms with van der Waals surface area (Å²) >= 11 is 6.43. The first-order chi connectivity index (χ1) is 10.3. The Morgan fingerprint density at radius 3 is 2.76 bits per heavy atom. The number of allylic oxidation sites excluding steroid dienone is 8. The molecule has 21 heavy (non-hydrogen) atoms. The third-order valence-electron chi connectivity index (χ3n) is 4.89. The van der Waals surface area contributed by atoms with E-state index in [0.29, 0.717) is 17.8 Å². The van der Waals surface area contributed by atoms with Crippen molar-refractivity contribution in [2.24, 2.45) is 17.8 Å². The third kappa shape index (κ3) is 2.42. The molecule has 0 fully saturated rings. The maximum atomic E-state index is 6.43. The van der Waals surface area contributed by atoms with E-state index in [4.69, 9.17) is 11.6 Å². The van der Waals surface area contributed by atoms with Crippen molar-refractivity contribution >= 4 is 17.2 Å². The van der Waals surface area contributed by atoms with Gasteiger partial charge in [-0.1, -0.05) is 71.8 Å². The van der Waals surface area contributed by atoms with E-state index in [2.05, 4.69) is 67.1 Å². The van der Waals surface area contributed by atoms with Gasteiger partial charge in [0.05, 0.1) is 0 Å². The fraction of sp³-hybridized carbons (Fsp3) is 0.250. The van der Waals surface area contributed by atoms with Crippen molar-refractivity contribution in [2.75, 3.05) is 0 Å². The van der Waals surface area contributed by atoms with Gasteiger partial charge in [-0.2, -0.15) is 0 Å². The van der Waals surface area contributed by atoms with Gasteiger partial charge in [-0.15, -0.1) is 0 Å². The van der Waals surface area contributed by atoms with Crippen LogP contribution in [-0.2, 0) is 0 Å². The van der Waals surface area contributed by atoms with Crippen LogP contribution in [0.25, 0.3) is 5.57 Å². The average molecular weight is 294 g/mol. The number of fused-ring (bicyclic) bond motifs is 2. The largest absolute Gasteiger partial charge is 0.0888 e. The van der Waals surface area contributed by atoms with E-state index >= 15 is 0 Å². The normalized spacial score (nSPS) is 30.7. The second-order valence-corrected chi connectivity index (χ2v) is 6.58. The predicted molar refractivity (Wildman–Crippen MR) is 89.6 cm³/mol. The van der Waals surface area contributed by atoms with Gasteiger partial charge in [0.25, 0.3) is 0 Å². The third-order valence-corrected chi connectivity index (χ3v) is 5.30. The Kier molecular flexibility index (Phi) is 3.35. The molecule has 1 heteroatoms.